The number of hydrogen-bond donors (Lipinski definition) is 2. The second-order valence-electron chi connectivity index (χ2n) is 7.37. The van der Waals surface area contributed by atoms with Gasteiger partial charge in [0.1, 0.15) is 0 Å². The van der Waals surface area contributed by atoms with E-state index in [2.05, 4.69) is 41.4 Å². The Bertz CT molecular complexity index is 726. The van der Waals surface area contributed by atoms with Crippen molar-refractivity contribution in [3.05, 3.63) is 40.9 Å². The molecule has 3 rings (SSSR count). The maximum Gasteiger partial charge on any atom is 0.257 e. The van der Waals surface area contributed by atoms with Gasteiger partial charge in [0.15, 0.2) is 5.13 Å². The van der Waals surface area contributed by atoms with Gasteiger partial charge in [-0.15, -0.1) is 23.7 Å². The van der Waals surface area contributed by atoms with Gasteiger partial charge >= 0.3 is 0 Å². The van der Waals surface area contributed by atoms with E-state index in [1.54, 1.807) is 11.3 Å². The van der Waals surface area contributed by atoms with Crippen molar-refractivity contribution in [3.63, 3.8) is 0 Å². The molecule has 1 aliphatic rings. The number of anilines is 2. The SMILES string of the molecule is CC(C)CN(C)c1ccc(C(=O)Nc2ncc(C3CCNCC3)s2)cc1.Cl. The summed E-state index contributed by atoms with van der Waals surface area (Å²) in [7, 11) is 2.08. The molecule has 5 nitrogen and oxygen atoms in total. The summed E-state index contributed by atoms with van der Waals surface area (Å²) >= 11 is 1.60. The van der Waals surface area contributed by atoms with Crippen LogP contribution in [0.15, 0.2) is 30.5 Å². The average molecular weight is 409 g/mol. The lowest BCUT2D eigenvalue weighted by Gasteiger charge is -2.21. The molecule has 0 unspecified atom stereocenters. The molecule has 1 saturated heterocycles. The summed E-state index contributed by atoms with van der Waals surface area (Å²) in [5.41, 5.74) is 1.78. The van der Waals surface area contributed by atoms with Gasteiger partial charge in [-0.1, -0.05) is 13.8 Å². The molecule has 0 radical (unpaired) electrons. The number of aromatic nitrogens is 1. The quantitative estimate of drug-likeness (QED) is 0.744. The van der Waals surface area contributed by atoms with Gasteiger partial charge in [0, 0.05) is 35.9 Å². The minimum Gasteiger partial charge on any atom is -0.374 e. The zero-order valence-electron chi connectivity index (χ0n) is 16.2. The topological polar surface area (TPSA) is 57.3 Å². The molecule has 2 heterocycles. The van der Waals surface area contributed by atoms with Crippen molar-refractivity contribution >= 4 is 40.5 Å². The average Bonchev–Trinajstić information content (AvgIpc) is 3.10. The molecule has 27 heavy (non-hydrogen) atoms. The number of carbonyl (C=O) groups is 1. The van der Waals surface area contributed by atoms with Crippen molar-refractivity contribution in [1.82, 2.24) is 10.3 Å². The molecule has 0 bridgehead atoms. The number of nitrogens with zero attached hydrogens (tertiary/aromatic N) is 2. The van der Waals surface area contributed by atoms with Crippen LogP contribution in [0.2, 0.25) is 0 Å². The molecular formula is C20H29ClN4OS. The molecular weight excluding hydrogens is 380 g/mol. The number of carbonyl (C=O) groups excluding carboxylic acids is 1. The molecule has 0 saturated carbocycles. The number of hydrogen-bond acceptors (Lipinski definition) is 5. The van der Waals surface area contributed by atoms with Crippen LogP contribution in [0.3, 0.4) is 0 Å². The van der Waals surface area contributed by atoms with Crippen LogP contribution in [-0.2, 0) is 0 Å². The van der Waals surface area contributed by atoms with E-state index >= 15 is 0 Å². The van der Waals surface area contributed by atoms with Crippen LogP contribution in [0.4, 0.5) is 10.8 Å². The maximum absolute atomic E-state index is 12.5. The van der Waals surface area contributed by atoms with Gasteiger partial charge in [0.05, 0.1) is 0 Å². The predicted molar refractivity (Wildman–Crippen MR) is 117 cm³/mol. The van der Waals surface area contributed by atoms with Gasteiger partial charge in [0.25, 0.3) is 5.91 Å². The molecule has 0 atom stereocenters. The highest BCUT2D eigenvalue weighted by Crippen LogP contribution is 2.31. The summed E-state index contributed by atoms with van der Waals surface area (Å²) in [4.78, 5) is 20.4. The summed E-state index contributed by atoms with van der Waals surface area (Å²) in [5, 5.41) is 7.00. The van der Waals surface area contributed by atoms with E-state index in [0.717, 1.165) is 38.2 Å². The Balaban J connectivity index is 0.00000261. The third kappa shape index (κ3) is 5.92. The Morgan fingerprint density at radius 1 is 1.30 bits per heavy atom. The van der Waals surface area contributed by atoms with Crippen LogP contribution < -0.4 is 15.5 Å². The van der Waals surface area contributed by atoms with Crippen molar-refractivity contribution in [2.24, 2.45) is 5.92 Å². The first-order valence-electron chi connectivity index (χ1n) is 9.32. The van der Waals surface area contributed by atoms with E-state index in [1.807, 2.05) is 30.5 Å². The van der Waals surface area contributed by atoms with Crippen molar-refractivity contribution in [2.75, 3.05) is 36.9 Å². The maximum atomic E-state index is 12.5. The Kier molecular flexibility index (Phi) is 8.07. The fourth-order valence-corrected chi connectivity index (χ4v) is 4.31. The fourth-order valence-electron chi connectivity index (χ4n) is 3.33. The van der Waals surface area contributed by atoms with Crippen LogP contribution >= 0.6 is 23.7 Å². The second-order valence-corrected chi connectivity index (χ2v) is 8.43. The largest absolute Gasteiger partial charge is 0.374 e. The highest BCUT2D eigenvalue weighted by molar-refractivity contribution is 7.15. The van der Waals surface area contributed by atoms with Crippen LogP contribution in [0.5, 0.6) is 0 Å². The Morgan fingerprint density at radius 2 is 1.96 bits per heavy atom. The molecule has 148 valence electrons. The molecule has 2 N–H and O–H groups in total. The summed E-state index contributed by atoms with van der Waals surface area (Å²) in [6.07, 6.45) is 4.20. The third-order valence-electron chi connectivity index (χ3n) is 4.69. The highest BCUT2D eigenvalue weighted by Gasteiger charge is 2.18. The van der Waals surface area contributed by atoms with Gasteiger partial charge in [-0.3, -0.25) is 10.1 Å². The van der Waals surface area contributed by atoms with E-state index in [0.29, 0.717) is 22.5 Å². The fraction of sp³-hybridized carbons (Fsp3) is 0.500. The molecule has 1 amide bonds. The normalized spacial score (nSPS) is 14.7. The van der Waals surface area contributed by atoms with Gasteiger partial charge in [-0.25, -0.2) is 4.98 Å². The van der Waals surface area contributed by atoms with E-state index in [1.165, 1.54) is 4.88 Å². The summed E-state index contributed by atoms with van der Waals surface area (Å²) in [6, 6.07) is 7.75. The van der Waals surface area contributed by atoms with Crippen molar-refractivity contribution in [3.8, 4) is 0 Å². The van der Waals surface area contributed by atoms with E-state index < -0.39 is 0 Å². The van der Waals surface area contributed by atoms with Crippen LogP contribution in [0, 0.1) is 5.92 Å². The van der Waals surface area contributed by atoms with E-state index in [4.69, 9.17) is 0 Å². The molecule has 1 fully saturated rings. The first-order valence-corrected chi connectivity index (χ1v) is 10.1. The predicted octanol–water partition coefficient (Wildman–Crippen LogP) is 4.38. The molecule has 0 aliphatic carbocycles. The van der Waals surface area contributed by atoms with Crippen LogP contribution in [-0.4, -0.2) is 37.6 Å². The number of amides is 1. The molecule has 1 aromatic carbocycles. The van der Waals surface area contributed by atoms with Crippen LogP contribution in [0.25, 0.3) is 0 Å². The van der Waals surface area contributed by atoms with Gasteiger partial charge in [0.2, 0.25) is 0 Å². The number of piperidine rings is 1. The number of halogens is 1. The first-order chi connectivity index (χ1) is 12.5. The lowest BCUT2D eigenvalue weighted by Crippen LogP contribution is -2.26. The zero-order valence-corrected chi connectivity index (χ0v) is 17.8. The Morgan fingerprint density at radius 3 is 2.59 bits per heavy atom. The van der Waals surface area contributed by atoms with Crippen molar-refractivity contribution < 1.29 is 4.79 Å². The Hall–Kier alpha value is -1.63. The standard InChI is InChI=1S/C20H28N4OS.ClH/c1-14(2)13-24(3)17-6-4-16(5-7-17)19(25)23-20-22-12-18(26-20)15-8-10-21-11-9-15;/h4-7,12,14-15,21H,8-11,13H2,1-3H3,(H,22,23,25);1H. The molecule has 2 aromatic rings. The van der Waals surface area contributed by atoms with Crippen LogP contribution in [0.1, 0.15) is 47.8 Å². The van der Waals surface area contributed by atoms with Crippen molar-refractivity contribution in [1.29, 1.82) is 0 Å². The van der Waals surface area contributed by atoms with E-state index in [-0.39, 0.29) is 18.3 Å². The zero-order chi connectivity index (χ0) is 18.5. The summed E-state index contributed by atoms with van der Waals surface area (Å²) in [6.45, 7) is 7.50. The van der Waals surface area contributed by atoms with Gasteiger partial charge < -0.3 is 10.2 Å². The minimum atomic E-state index is -0.103. The number of nitrogens with one attached hydrogen (secondary N) is 2. The summed E-state index contributed by atoms with van der Waals surface area (Å²) in [5.74, 6) is 1.06. The van der Waals surface area contributed by atoms with Crippen molar-refractivity contribution in [2.45, 2.75) is 32.6 Å². The molecule has 7 heteroatoms. The third-order valence-corrected chi connectivity index (χ3v) is 5.77. The number of benzene rings is 1. The lowest BCUT2D eigenvalue weighted by atomic mass is 9.97. The highest BCUT2D eigenvalue weighted by atomic mass is 35.5. The monoisotopic (exact) mass is 408 g/mol. The minimum absolute atomic E-state index is 0. The van der Waals surface area contributed by atoms with E-state index in [9.17, 15) is 4.79 Å². The summed E-state index contributed by atoms with van der Waals surface area (Å²) < 4.78 is 0. The smallest absolute Gasteiger partial charge is 0.257 e. The Labute approximate surface area is 172 Å². The van der Waals surface area contributed by atoms with Gasteiger partial charge in [-0.2, -0.15) is 0 Å². The molecule has 1 aromatic heterocycles. The number of rotatable bonds is 6. The molecule has 1 aliphatic heterocycles. The van der Waals surface area contributed by atoms with Gasteiger partial charge in [-0.05, 0) is 62.0 Å². The number of thiazole rings is 1. The molecule has 0 spiro atoms. The first kappa shape index (κ1) is 21.7. The lowest BCUT2D eigenvalue weighted by molar-refractivity contribution is 0.102. The second kappa shape index (κ2) is 10.1.